The first-order valence-electron chi connectivity index (χ1n) is 10.9. The molecule has 2 aromatic rings. The van der Waals surface area contributed by atoms with Gasteiger partial charge in [-0.25, -0.2) is 4.98 Å². The predicted molar refractivity (Wildman–Crippen MR) is 137 cm³/mol. The molecule has 8 heteroatoms. The Morgan fingerprint density at radius 2 is 1.94 bits per heavy atom. The molecule has 0 amide bonds. The zero-order chi connectivity index (χ0) is 21.3. The molecule has 7 nitrogen and oxygen atoms in total. The minimum atomic E-state index is 0. The van der Waals surface area contributed by atoms with Gasteiger partial charge in [0, 0.05) is 58.2 Å². The Kier molecular flexibility index (Phi) is 10.8. The zero-order valence-electron chi connectivity index (χ0n) is 19.2. The summed E-state index contributed by atoms with van der Waals surface area (Å²) in [5.74, 6) is 2.44. The SMILES string of the molecule is CN=C(NCc1cccc(Cn2ccnc2C)c1)NCC(C(C)C)N1CCOCC1.I. The zero-order valence-corrected chi connectivity index (χ0v) is 21.5. The van der Waals surface area contributed by atoms with Crippen LogP contribution in [0, 0.1) is 12.8 Å². The molecule has 3 rings (SSSR count). The van der Waals surface area contributed by atoms with Crippen LogP contribution in [-0.4, -0.2) is 66.3 Å². The highest BCUT2D eigenvalue weighted by molar-refractivity contribution is 14.0. The van der Waals surface area contributed by atoms with Gasteiger partial charge in [0.2, 0.25) is 0 Å². The molecule has 0 aliphatic carbocycles. The molecule has 0 bridgehead atoms. The molecule has 1 saturated heterocycles. The molecule has 1 fully saturated rings. The van der Waals surface area contributed by atoms with Gasteiger partial charge in [-0.15, -0.1) is 24.0 Å². The molecule has 1 unspecified atom stereocenters. The summed E-state index contributed by atoms with van der Waals surface area (Å²) in [7, 11) is 1.83. The average molecular weight is 540 g/mol. The fraction of sp³-hybridized carbons (Fsp3) is 0.565. The van der Waals surface area contributed by atoms with E-state index in [0.717, 1.165) is 57.7 Å². The Morgan fingerprint density at radius 1 is 1.19 bits per heavy atom. The van der Waals surface area contributed by atoms with Gasteiger partial charge in [0.15, 0.2) is 5.96 Å². The van der Waals surface area contributed by atoms with Gasteiger partial charge in [-0.3, -0.25) is 9.89 Å². The molecule has 1 aliphatic heterocycles. The predicted octanol–water partition coefficient (Wildman–Crippen LogP) is 2.88. The molecule has 172 valence electrons. The van der Waals surface area contributed by atoms with Gasteiger partial charge in [-0.05, 0) is 24.0 Å². The molecule has 2 heterocycles. The van der Waals surface area contributed by atoms with E-state index < -0.39 is 0 Å². The lowest BCUT2D eigenvalue weighted by Gasteiger charge is -2.37. The summed E-state index contributed by atoms with van der Waals surface area (Å²) in [6, 6.07) is 9.13. The van der Waals surface area contributed by atoms with E-state index >= 15 is 0 Å². The normalized spacial score (nSPS) is 16.1. The highest BCUT2D eigenvalue weighted by atomic mass is 127. The number of nitrogens with one attached hydrogen (secondary N) is 2. The van der Waals surface area contributed by atoms with Gasteiger partial charge in [0.25, 0.3) is 0 Å². The number of hydrogen-bond acceptors (Lipinski definition) is 4. The van der Waals surface area contributed by atoms with E-state index in [1.54, 1.807) is 0 Å². The molecule has 2 N–H and O–H groups in total. The number of aliphatic imine (C=N–C) groups is 1. The Labute approximate surface area is 203 Å². The van der Waals surface area contributed by atoms with E-state index in [4.69, 9.17) is 4.74 Å². The number of guanidine groups is 1. The number of ether oxygens (including phenoxy) is 1. The Morgan fingerprint density at radius 3 is 2.58 bits per heavy atom. The van der Waals surface area contributed by atoms with Crippen molar-refractivity contribution in [2.45, 2.75) is 39.9 Å². The van der Waals surface area contributed by atoms with Crippen LogP contribution in [0.3, 0.4) is 0 Å². The van der Waals surface area contributed by atoms with Crippen molar-refractivity contribution in [2.75, 3.05) is 39.9 Å². The molecule has 0 saturated carbocycles. The third kappa shape index (κ3) is 7.76. The summed E-state index contributed by atoms with van der Waals surface area (Å²) in [6.07, 6.45) is 3.86. The summed E-state index contributed by atoms with van der Waals surface area (Å²) in [6.45, 7) is 12.7. The van der Waals surface area contributed by atoms with Gasteiger partial charge in [0.05, 0.1) is 13.2 Å². The largest absolute Gasteiger partial charge is 0.379 e. The van der Waals surface area contributed by atoms with Crippen LogP contribution in [-0.2, 0) is 17.8 Å². The molecule has 1 aliphatic rings. The van der Waals surface area contributed by atoms with Crippen LogP contribution >= 0.6 is 24.0 Å². The first-order chi connectivity index (χ1) is 14.6. The van der Waals surface area contributed by atoms with Crippen molar-refractivity contribution in [1.29, 1.82) is 0 Å². The number of imidazole rings is 1. The molecule has 1 aromatic heterocycles. The second kappa shape index (κ2) is 13.0. The van der Waals surface area contributed by atoms with Crippen molar-refractivity contribution >= 4 is 29.9 Å². The Hall–Kier alpha value is -1.65. The van der Waals surface area contributed by atoms with Crippen molar-refractivity contribution in [3.63, 3.8) is 0 Å². The number of benzene rings is 1. The smallest absolute Gasteiger partial charge is 0.191 e. The number of rotatable bonds is 8. The summed E-state index contributed by atoms with van der Waals surface area (Å²) >= 11 is 0. The Balaban J connectivity index is 0.00000341. The van der Waals surface area contributed by atoms with Crippen molar-refractivity contribution in [3.05, 3.63) is 53.6 Å². The molecule has 1 aromatic carbocycles. The van der Waals surface area contributed by atoms with Gasteiger partial charge in [-0.2, -0.15) is 0 Å². The summed E-state index contributed by atoms with van der Waals surface area (Å²) < 4.78 is 7.67. The number of hydrogen-bond donors (Lipinski definition) is 2. The van der Waals surface area contributed by atoms with Crippen LogP contribution in [0.1, 0.15) is 30.8 Å². The number of aromatic nitrogens is 2. The lowest BCUT2D eigenvalue weighted by atomic mass is 10.0. The van der Waals surface area contributed by atoms with Crippen LogP contribution in [0.25, 0.3) is 0 Å². The molecular weight excluding hydrogens is 503 g/mol. The van der Waals surface area contributed by atoms with Crippen LogP contribution in [0.5, 0.6) is 0 Å². The minimum Gasteiger partial charge on any atom is -0.379 e. The minimum absolute atomic E-state index is 0. The molecule has 1 atom stereocenters. The van der Waals surface area contributed by atoms with Gasteiger partial charge in [-0.1, -0.05) is 38.1 Å². The molecular formula is C23H37IN6O. The second-order valence-electron chi connectivity index (χ2n) is 8.19. The van der Waals surface area contributed by atoms with E-state index in [2.05, 4.69) is 68.2 Å². The average Bonchev–Trinajstić information content (AvgIpc) is 3.15. The highest BCUT2D eigenvalue weighted by Gasteiger charge is 2.23. The second-order valence-corrected chi connectivity index (χ2v) is 8.19. The van der Waals surface area contributed by atoms with Crippen molar-refractivity contribution < 1.29 is 4.74 Å². The first kappa shape index (κ1) is 25.6. The lowest BCUT2D eigenvalue weighted by molar-refractivity contribution is 0.00752. The van der Waals surface area contributed by atoms with Gasteiger partial charge in [0.1, 0.15) is 5.82 Å². The maximum Gasteiger partial charge on any atom is 0.191 e. The van der Waals surface area contributed by atoms with E-state index in [9.17, 15) is 0 Å². The van der Waals surface area contributed by atoms with E-state index in [1.165, 1.54) is 11.1 Å². The van der Waals surface area contributed by atoms with Crippen LogP contribution in [0.4, 0.5) is 0 Å². The quantitative estimate of drug-likeness (QED) is 0.306. The molecule has 0 radical (unpaired) electrons. The number of aryl methyl sites for hydroxylation is 1. The van der Waals surface area contributed by atoms with Crippen molar-refractivity contribution in [1.82, 2.24) is 25.1 Å². The van der Waals surface area contributed by atoms with Gasteiger partial charge >= 0.3 is 0 Å². The first-order valence-corrected chi connectivity index (χ1v) is 10.9. The maximum atomic E-state index is 5.51. The van der Waals surface area contributed by atoms with Crippen molar-refractivity contribution in [3.8, 4) is 0 Å². The summed E-state index contributed by atoms with van der Waals surface area (Å²) in [5.41, 5.74) is 2.51. The Bertz CT molecular complexity index is 816. The van der Waals surface area contributed by atoms with Crippen LogP contribution < -0.4 is 10.6 Å². The monoisotopic (exact) mass is 540 g/mol. The fourth-order valence-electron chi connectivity index (χ4n) is 3.91. The fourth-order valence-corrected chi connectivity index (χ4v) is 3.91. The number of halogens is 1. The van der Waals surface area contributed by atoms with E-state index in [1.807, 2.05) is 26.4 Å². The summed E-state index contributed by atoms with van der Waals surface area (Å²) in [5, 5.41) is 6.98. The molecule has 31 heavy (non-hydrogen) atoms. The standard InChI is InChI=1S/C23H36N6O.HI/c1-18(2)22(28-10-12-30-13-11-28)16-27-23(24-4)26-15-20-6-5-7-21(14-20)17-29-9-8-25-19(29)3;/h5-9,14,18,22H,10-13,15-17H2,1-4H3,(H2,24,26,27);1H. The van der Waals surface area contributed by atoms with Crippen LogP contribution in [0.2, 0.25) is 0 Å². The van der Waals surface area contributed by atoms with Gasteiger partial charge < -0.3 is 19.9 Å². The van der Waals surface area contributed by atoms with E-state index in [-0.39, 0.29) is 24.0 Å². The topological polar surface area (TPSA) is 66.7 Å². The van der Waals surface area contributed by atoms with Crippen LogP contribution in [0.15, 0.2) is 41.7 Å². The van der Waals surface area contributed by atoms with Crippen molar-refractivity contribution in [2.24, 2.45) is 10.9 Å². The third-order valence-electron chi connectivity index (χ3n) is 5.71. The molecule has 0 spiro atoms. The maximum absolute atomic E-state index is 5.51. The lowest BCUT2D eigenvalue weighted by Crippen LogP contribution is -2.52. The number of morpholine rings is 1. The summed E-state index contributed by atoms with van der Waals surface area (Å²) in [4.78, 5) is 11.2. The van der Waals surface area contributed by atoms with E-state index in [0.29, 0.717) is 12.0 Å². The number of nitrogens with zero attached hydrogens (tertiary/aromatic N) is 4. The highest BCUT2D eigenvalue weighted by Crippen LogP contribution is 2.12. The third-order valence-corrected chi connectivity index (χ3v) is 5.71.